The largest absolute Gasteiger partial charge is 0.383 e. The Labute approximate surface area is 77.5 Å². The second kappa shape index (κ2) is 3.51. The fourth-order valence-corrected chi connectivity index (χ4v) is 1.58. The molecule has 1 heterocycles. The van der Waals surface area contributed by atoms with Gasteiger partial charge >= 0.3 is 0 Å². The van der Waals surface area contributed by atoms with E-state index in [0.29, 0.717) is 0 Å². The van der Waals surface area contributed by atoms with Gasteiger partial charge in [0.2, 0.25) is 0 Å². The van der Waals surface area contributed by atoms with Gasteiger partial charge < -0.3 is 20.1 Å². The van der Waals surface area contributed by atoms with Gasteiger partial charge in [0.15, 0.2) is 12.0 Å². The van der Waals surface area contributed by atoms with Crippen LogP contribution in [0.5, 0.6) is 0 Å². The third kappa shape index (κ3) is 1.84. The number of hydrogen-bond acceptors (Lipinski definition) is 5. The molecule has 0 radical (unpaired) electrons. The molecule has 0 aromatic carbocycles. The van der Waals surface area contributed by atoms with Crippen molar-refractivity contribution < 1.29 is 20.1 Å². The molecule has 0 bridgehead atoms. The average Bonchev–Trinajstić information content (AvgIpc) is 1.99. The molecule has 1 saturated heterocycles. The van der Waals surface area contributed by atoms with Crippen molar-refractivity contribution in [3.63, 3.8) is 0 Å². The van der Waals surface area contributed by atoms with Gasteiger partial charge in [-0.25, -0.2) is 0 Å². The molecule has 5 heteroatoms. The second-order valence-electron chi connectivity index (χ2n) is 3.76. The number of rotatable bonds is 1. The van der Waals surface area contributed by atoms with E-state index < -0.39 is 18.1 Å². The van der Waals surface area contributed by atoms with Crippen LogP contribution >= 0.6 is 0 Å². The van der Waals surface area contributed by atoms with Gasteiger partial charge in [0.05, 0.1) is 6.10 Å². The van der Waals surface area contributed by atoms with Gasteiger partial charge in [-0.05, 0) is 21.0 Å². The van der Waals surface area contributed by atoms with E-state index in [9.17, 15) is 15.3 Å². The summed E-state index contributed by atoms with van der Waals surface area (Å²) in [6, 6.07) is 0. The van der Waals surface area contributed by atoms with Crippen molar-refractivity contribution in [2.24, 2.45) is 0 Å². The molecule has 5 nitrogen and oxygen atoms in total. The van der Waals surface area contributed by atoms with Crippen LogP contribution in [0.1, 0.15) is 13.3 Å². The molecule has 3 N–H and O–H groups in total. The molecule has 1 aliphatic rings. The number of aliphatic hydroxyl groups is 3. The third-order valence-corrected chi connectivity index (χ3v) is 2.48. The lowest BCUT2D eigenvalue weighted by Gasteiger charge is -2.45. The van der Waals surface area contributed by atoms with Crippen molar-refractivity contribution in [3.8, 4) is 0 Å². The third-order valence-electron chi connectivity index (χ3n) is 2.48. The van der Waals surface area contributed by atoms with E-state index in [4.69, 9.17) is 4.74 Å². The summed E-state index contributed by atoms with van der Waals surface area (Å²) >= 11 is 0. The van der Waals surface area contributed by atoms with Crippen molar-refractivity contribution in [1.29, 1.82) is 0 Å². The minimum atomic E-state index is -1.41. The summed E-state index contributed by atoms with van der Waals surface area (Å²) in [5.74, 6) is 0. The quantitative estimate of drug-likeness (QED) is 0.450. The Kier molecular flexibility index (Phi) is 2.94. The second-order valence-corrected chi connectivity index (χ2v) is 3.76. The van der Waals surface area contributed by atoms with Crippen molar-refractivity contribution in [2.45, 2.75) is 37.6 Å². The first-order valence-corrected chi connectivity index (χ1v) is 4.29. The van der Waals surface area contributed by atoms with Crippen LogP contribution in [0.3, 0.4) is 0 Å². The van der Waals surface area contributed by atoms with E-state index in [-0.39, 0.29) is 12.5 Å². The fraction of sp³-hybridized carbons (Fsp3) is 1.00. The van der Waals surface area contributed by atoms with E-state index in [2.05, 4.69) is 0 Å². The number of likely N-dealkylation sites (N-methyl/N-ethyl adjacent to an activating group) is 1. The molecule has 1 aliphatic heterocycles. The van der Waals surface area contributed by atoms with Gasteiger partial charge in [-0.3, -0.25) is 4.90 Å². The van der Waals surface area contributed by atoms with Crippen LogP contribution in [0.2, 0.25) is 0 Å². The zero-order valence-corrected chi connectivity index (χ0v) is 8.14. The summed E-state index contributed by atoms with van der Waals surface area (Å²) < 4.78 is 4.96. The highest BCUT2D eigenvalue weighted by Crippen LogP contribution is 2.29. The number of ether oxygens (including phenoxy) is 1. The van der Waals surface area contributed by atoms with Crippen LogP contribution in [0, 0.1) is 0 Å². The molecule has 13 heavy (non-hydrogen) atoms. The van der Waals surface area contributed by atoms with E-state index in [1.165, 1.54) is 4.90 Å². The maximum Gasteiger partial charge on any atom is 0.185 e. The lowest BCUT2D eigenvalue weighted by atomic mass is 9.95. The van der Waals surface area contributed by atoms with Gasteiger partial charge in [-0.1, -0.05) is 0 Å². The predicted octanol–water partition coefficient (Wildman–Crippen LogP) is -1.28. The molecular formula is C8H17NO4. The first-order valence-electron chi connectivity index (χ1n) is 4.29. The van der Waals surface area contributed by atoms with Crippen molar-refractivity contribution >= 4 is 0 Å². The topological polar surface area (TPSA) is 73.2 Å². The minimum absolute atomic E-state index is 0.272. The Bertz CT molecular complexity index is 187. The lowest BCUT2D eigenvalue weighted by molar-refractivity contribution is -0.307. The predicted molar refractivity (Wildman–Crippen MR) is 45.8 cm³/mol. The monoisotopic (exact) mass is 191 g/mol. The van der Waals surface area contributed by atoms with Crippen LogP contribution in [0.25, 0.3) is 0 Å². The van der Waals surface area contributed by atoms with Gasteiger partial charge in [-0.2, -0.15) is 0 Å². The Hall–Kier alpha value is -0.200. The zero-order chi connectivity index (χ0) is 10.2. The first kappa shape index (κ1) is 10.9. The van der Waals surface area contributed by atoms with E-state index >= 15 is 0 Å². The molecule has 0 amide bonds. The Morgan fingerprint density at radius 3 is 2.38 bits per heavy atom. The van der Waals surface area contributed by atoms with Crippen LogP contribution in [0.15, 0.2) is 0 Å². The molecule has 0 aliphatic carbocycles. The van der Waals surface area contributed by atoms with E-state index in [0.717, 1.165) is 0 Å². The van der Waals surface area contributed by atoms with Crippen molar-refractivity contribution in [2.75, 3.05) is 14.1 Å². The molecule has 0 aromatic heterocycles. The summed E-state index contributed by atoms with van der Waals surface area (Å²) in [5, 5.41) is 28.8. The molecule has 1 rings (SSSR count). The SMILES string of the molecule is C[C@@H]1C[C@@](O)(N(C)C)[C@@H](O)[C@@H](O)O1. The molecule has 1 fully saturated rings. The van der Waals surface area contributed by atoms with Crippen molar-refractivity contribution in [1.82, 2.24) is 4.90 Å². The summed E-state index contributed by atoms with van der Waals surface area (Å²) in [7, 11) is 3.29. The number of hydrogen-bond donors (Lipinski definition) is 3. The normalized spacial score (nSPS) is 46.8. The van der Waals surface area contributed by atoms with Crippen LogP contribution in [0.4, 0.5) is 0 Å². The first-order chi connectivity index (χ1) is 5.88. The smallest absolute Gasteiger partial charge is 0.185 e. The van der Waals surface area contributed by atoms with Crippen LogP contribution < -0.4 is 0 Å². The lowest BCUT2D eigenvalue weighted by Crippen LogP contribution is -2.63. The highest BCUT2D eigenvalue weighted by atomic mass is 16.6. The molecular weight excluding hydrogens is 174 g/mol. The van der Waals surface area contributed by atoms with Gasteiger partial charge in [0, 0.05) is 6.42 Å². The Morgan fingerprint density at radius 2 is 1.92 bits per heavy atom. The summed E-state index contributed by atoms with van der Waals surface area (Å²) in [4.78, 5) is 1.49. The highest BCUT2D eigenvalue weighted by Gasteiger charge is 2.48. The number of nitrogens with zero attached hydrogens (tertiary/aromatic N) is 1. The standard InChI is InChI=1S/C8H17NO4/c1-5-4-8(12,9(2)3)6(10)7(11)13-5/h5-7,10-12H,4H2,1-3H3/t5-,6+,7+,8+/m1/s1. The highest BCUT2D eigenvalue weighted by molar-refractivity contribution is 4.91. The maximum absolute atomic E-state index is 9.99. The summed E-state index contributed by atoms with van der Waals surface area (Å²) in [6.45, 7) is 1.74. The fourth-order valence-electron chi connectivity index (χ4n) is 1.58. The van der Waals surface area contributed by atoms with Gasteiger partial charge in [0.1, 0.15) is 6.10 Å². The van der Waals surface area contributed by atoms with Crippen molar-refractivity contribution in [3.05, 3.63) is 0 Å². The molecule has 0 aromatic rings. The zero-order valence-electron chi connectivity index (χ0n) is 8.14. The minimum Gasteiger partial charge on any atom is -0.383 e. The van der Waals surface area contributed by atoms with Gasteiger partial charge in [0.25, 0.3) is 0 Å². The molecule has 0 spiro atoms. The van der Waals surface area contributed by atoms with E-state index in [1.807, 2.05) is 0 Å². The molecule has 4 atom stereocenters. The maximum atomic E-state index is 9.99. The summed E-state index contributed by atoms with van der Waals surface area (Å²) in [6.07, 6.45) is -2.61. The number of aliphatic hydroxyl groups excluding tert-OH is 2. The Balaban J connectivity index is 2.82. The Morgan fingerprint density at radius 1 is 1.38 bits per heavy atom. The van der Waals surface area contributed by atoms with Gasteiger partial charge in [-0.15, -0.1) is 0 Å². The summed E-state index contributed by atoms with van der Waals surface area (Å²) in [5.41, 5.74) is -1.41. The average molecular weight is 191 g/mol. The molecule has 0 unspecified atom stereocenters. The van der Waals surface area contributed by atoms with E-state index in [1.54, 1.807) is 21.0 Å². The molecule has 0 saturated carbocycles. The van der Waals surface area contributed by atoms with Crippen LogP contribution in [-0.4, -0.2) is 58.5 Å². The van der Waals surface area contributed by atoms with Crippen LogP contribution in [-0.2, 0) is 4.74 Å². The molecule has 78 valence electrons.